The molecule has 0 spiro atoms. The summed E-state index contributed by atoms with van der Waals surface area (Å²) in [5.41, 5.74) is 1.11. The number of likely N-dealkylation sites (N-methyl/N-ethyl adjacent to an activating group) is 1. The summed E-state index contributed by atoms with van der Waals surface area (Å²) < 4.78 is 4.89. The molecular formula is C24H24ClNO7. The fourth-order valence-electron chi connectivity index (χ4n) is 3.14. The van der Waals surface area contributed by atoms with E-state index in [2.05, 4.69) is 0 Å². The molecule has 9 heteroatoms. The predicted molar refractivity (Wildman–Crippen MR) is 122 cm³/mol. The smallest absolute Gasteiger partial charge is 0.415 e. The second kappa shape index (κ2) is 11.5. The van der Waals surface area contributed by atoms with Crippen LogP contribution in [0.2, 0.25) is 5.02 Å². The standard InChI is InChI=1S/C24H24ClNO7/c1-16(29)20-9-8-18(25)13-22(20)21(10-11-27)23(33-24(30,31)32)14-26(2)19(15-28)12-17-6-4-3-5-7-17/h3-11,13-15,19,30-32H,12H2,1-2H3/b21-10-,23-14?. The molecule has 2 aromatic carbocycles. The first-order valence-corrected chi connectivity index (χ1v) is 10.2. The number of hydrogen-bond acceptors (Lipinski definition) is 8. The molecule has 0 amide bonds. The fraction of sp³-hybridized carbons (Fsp3) is 0.208. The molecule has 0 saturated heterocycles. The molecule has 0 fully saturated rings. The third-order valence-electron chi connectivity index (χ3n) is 4.69. The molecule has 0 aliphatic heterocycles. The van der Waals surface area contributed by atoms with Crippen LogP contribution in [0, 0.1) is 0 Å². The fourth-order valence-corrected chi connectivity index (χ4v) is 3.31. The minimum atomic E-state index is -3.61. The Morgan fingerprint density at radius 2 is 1.79 bits per heavy atom. The number of ketones is 1. The molecule has 0 heterocycles. The highest BCUT2D eigenvalue weighted by Crippen LogP contribution is 2.31. The number of nitrogens with zero attached hydrogens (tertiary/aromatic N) is 1. The van der Waals surface area contributed by atoms with Crippen LogP contribution in [0.4, 0.5) is 0 Å². The number of carbonyl (C=O) groups is 3. The number of allylic oxidation sites excluding steroid dienone is 2. The Kier molecular flexibility index (Phi) is 9.07. The molecule has 0 aliphatic rings. The molecule has 8 nitrogen and oxygen atoms in total. The van der Waals surface area contributed by atoms with E-state index < -0.39 is 18.0 Å². The van der Waals surface area contributed by atoms with Crippen molar-refractivity contribution in [3.8, 4) is 0 Å². The Labute approximate surface area is 196 Å². The lowest BCUT2D eigenvalue weighted by atomic mass is 9.95. The van der Waals surface area contributed by atoms with E-state index in [1.807, 2.05) is 30.3 Å². The van der Waals surface area contributed by atoms with Crippen LogP contribution in [0.1, 0.15) is 28.4 Å². The summed E-state index contributed by atoms with van der Waals surface area (Å²) in [4.78, 5) is 36.8. The molecule has 0 bridgehead atoms. The van der Waals surface area contributed by atoms with Gasteiger partial charge in [-0.1, -0.05) is 41.9 Å². The van der Waals surface area contributed by atoms with Crippen LogP contribution in [0.25, 0.3) is 5.57 Å². The molecule has 2 aromatic rings. The molecule has 1 unspecified atom stereocenters. The Bertz CT molecular complexity index is 1060. The van der Waals surface area contributed by atoms with Crippen molar-refractivity contribution >= 4 is 35.5 Å². The zero-order chi connectivity index (χ0) is 24.6. The van der Waals surface area contributed by atoms with Crippen molar-refractivity contribution in [2.75, 3.05) is 7.05 Å². The van der Waals surface area contributed by atoms with Crippen molar-refractivity contribution < 1.29 is 34.4 Å². The average Bonchev–Trinajstić information content (AvgIpc) is 2.74. The van der Waals surface area contributed by atoms with E-state index in [1.54, 1.807) is 0 Å². The van der Waals surface area contributed by atoms with E-state index >= 15 is 0 Å². The van der Waals surface area contributed by atoms with Crippen molar-refractivity contribution in [1.29, 1.82) is 0 Å². The highest BCUT2D eigenvalue weighted by molar-refractivity contribution is 6.31. The first-order chi connectivity index (χ1) is 15.6. The number of hydrogen-bond donors (Lipinski definition) is 3. The predicted octanol–water partition coefficient (Wildman–Crippen LogP) is 2.31. The molecule has 1 atom stereocenters. The maximum absolute atomic E-state index is 12.2. The summed E-state index contributed by atoms with van der Waals surface area (Å²) in [6.07, 6.45) is 0.00662. The number of aliphatic hydroxyl groups is 3. The second-order valence-corrected chi connectivity index (χ2v) is 7.63. The zero-order valence-electron chi connectivity index (χ0n) is 18.0. The van der Waals surface area contributed by atoms with Gasteiger partial charge in [-0.05, 0) is 48.7 Å². The summed E-state index contributed by atoms with van der Waals surface area (Å²) in [6, 6.07) is 12.8. The number of aldehydes is 2. The monoisotopic (exact) mass is 473 g/mol. The van der Waals surface area contributed by atoms with E-state index in [4.69, 9.17) is 16.3 Å². The van der Waals surface area contributed by atoms with Gasteiger partial charge in [0.1, 0.15) is 12.6 Å². The molecule has 174 valence electrons. The summed E-state index contributed by atoms with van der Waals surface area (Å²) in [5, 5.41) is 28.7. The molecule has 0 aliphatic carbocycles. The van der Waals surface area contributed by atoms with E-state index in [0.717, 1.165) is 11.6 Å². The third kappa shape index (κ3) is 7.65. The molecule has 0 saturated carbocycles. The lowest BCUT2D eigenvalue weighted by Gasteiger charge is -2.26. The van der Waals surface area contributed by atoms with Gasteiger partial charge in [0.05, 0.1) is 6.04 Å². The van der Waals surface area contributed by atoms with Crippen LogP contribution in [-0.2, 0) is 20.7 Å². The molecule has 0 radical (unpaired) electrons. The zero-order valence-corrected chi connectivity index (χ0v) is 18.8. The van der Waals surface area contributed by atoms with Gasteiger partial charge in [0.2, 0.25) is 0 Å². The Hall–Kier alpha value is -3.30. The minimum absolute atomic E-state index is 0.0737. The largest absolute Gasteiger partial charge is 0.453 e. The maximum atomic E-state index is 12.2. The third-order valence-corrected chi connectivity index (χ3v) is 4.92. The van der Waals surface area contributed by atoms with E-state index in [1.165, 1.54) is 43.3 Å². The summed E-state index contributed by atoms with van der Waals surface area (Å²) in [7, 11) is 1.53. The van der Waals surface area contributed by atoms with Crippen molar-refractivity contribution in [3.63, 3.8) is 0 Å². The van der Waals surface area contributed by atoms with E-state index in [0.29, 0.717) is 19.0 Å². The number of rotatable bonds is 11. The molecular weight excluding hydrogens is 450 g/mol. The molecule has 0 aromatic heterocycles. The van der Waals surface area contributed by atoms with Crippen LogP contribution in [0.3, 0.4) is 0 Å². The van der Waals surface area contributed by atoms with Crippen LogP contribution >= 0.6 is 11.6 Å². The van der Waals surface area contributed by atoms with Crippen molar-refractivity contribution in [2.45, 2.75) is 25.5 Å². The van der Waals surface area contributed by atoms with E-state index in [9.17, 15) is 29.7 Å². The van der Waals surface area contributed by atoms with Crippen molar-refractivity contribution in [3.05, 3.63) is 88.3 Å². The van der Waals surface area contributed by atoms with Crippen molar-refractivity contribution in [1.82, 2.24) is 4.90 Å². The van der Waals surface area contributed by atoms with Gasteiger partial charge in [-0.15, -0.1) is 0 Å². The summed E-state index contributed by atoms with van der Waals surface area (Å²) in [6.45, 7) is 1.30. The van der Waals surface area contributed by atoms with Gasteiger partial charge in [-0.2, -0.15) is 0 Å². The Morgan fingerprint density at radius 3 is 2.33 bits per heavy atom. The lowest BCUT2D eigenvalue weighted by Crippen LogP contribution is -2.34. The van der Waals surface area contributed by atoms with Gasteiger partial charge < -0.3 is 29.8 Å². The van der Waals surface area contributed by atoms with Gasteiger partial charge in [0.25, 0.3) is 0 Å². The second-order valence-electron chi connectivity index (χ2n) is 7.19. The Morgan fingerprint density at radius 1 is 1.12 bits per heavy atom. The normalized spacial score (nSPS) is 13.3. The summed E-state index contributed by atoms with van der Waals surface area (Å²) >= 11 is 6.08. The number of halogens is 1. The first-order valence-electron chi connectivity index (χ1n) is 9.81. The number of carbonyl (C=O) groups excluding carboxylic acids is 3. The maximum Gasteiger partial charge on any atom is 0.453 e. The van der Waals surface area contributed by atoms with Gasteiger partial charge >= 0.3 is 6.16 Å². The highest BCUT2D eigenvalue weighted by atomic mass is 35.5. The van der Waals surface area contributed by atoms with Gasteiger partial charge in [0, 0.05) is 29.4 Å². The van der Waals surface area contributed by atoms with Crippen LogP contribution in [-0.4, -0.2) is 57.8 Å². The number of ether oxygens (including phenoxy) is 1. The quantitative estimate of drug-likeness (QED) is 0.113. The SMILES string of the molecule is CC(=O)c1ccc(Cl)cc1/C(=C/C=O)C(=CN(C)C(C=O)Cc1ccccc1)OC(O)(O)O. The molecule has 33 heavy (non-hydrogen) atoms. The highest BCUT2D eigenvalue weighted by Gasteiger charge is 2.27. The van der Waals surface area contributed by atoms with E-state index in [-0.39, 0.29) is 27.5 Å². The van der Waals surface area contributed by atoms with Gasteiger partial charge in [-0.25, -0.2) is 0 Å². The van der Waals surface area contributed by atoms with Gasteiger partial charge in [-0.3, -0.25) is 9.59 Å². The number of Topliss-reactive ketones (excluding diaryl/α,β-unsaturated/α-hetero) is 1. The average molecular weight is 474 g/mol. The summed E-state index contributed by atoms with van der Waals surface area (Å²) in [5.74, 6) is -0.758. The minimum Gasteiger partial charge on any atom is -0.415 e. The molecule has 2 rings (SSSR count). The van der Waals surface area contributed by atoms with Crippen LogP contribution in [0.5, 0.6) is 0 Å². The van der Waals surface area contributed by atoms with Crippen molar-refractivity contribution in [2.24, 2.45) is 0 Å². The lowest BCUT2D eigenvalue weighted by molar-refractivity contribution is -0.440. The van der Waals surface area contributed by atoms with Crippen LogP contribution < -0.4 is 0 Å². The topological polar surface area (TPSA) is 124 Å². The first kappa shape index (κ1) is 26.0. The van der Waals surface area contributed by atoms with Crippen LogP contribution in [0.15, 0.2) is 66.6 Å². The Balaban J connectivity index is 2.59. The number of benzene rings is 2. The molecule has 3 N–H and O–H groups in total. The van der Waals surface area contributed by atoms with Gasteiger partial charge in [0.15, 0.2) is 11.5 Å².